The zero-order valence-electron chi connectivity index (χ0n) is 26.6. The Kier molecular flexibility index (Phi) is 7.39. The smallest absolute Gasteiger partial charge is 0.317 e. The minimum atomic E-state index is -0.811. The van der Waals surface area contributed by atoms with Crippen LogP contribution in [0.15, 0.2) is 55.1 Å². The van der Waals surface area contributed by atoms with Crippen LogP contribution in [0.3, 0.4) is 0 Å². The van der Waals surface area contributed by atoms with Crippen LogP contribution >= 0.6 is 0 Å². The minimum Gasteiger partial charge on any atom is -0.458 e. The van der Waals surface area contributed by atoms with E-state index in [0.717, 1.165) is 12.1 Å². The van der Waals surface area contributed by atoms with Gasteiger partial charge in [0.2, 0.25) is 5.91 Å². The highest BCUT2D eigenvalue weighted by atomic mass is 19.1. The average Bonchev–Trinajstić information content (AvgIpc) is 3.78. The summed E-state index contributed by atoms with van der Waals surface area (Å²) in [7, 11) is 3.28. The van der Waals surface area contributed by atoms with Crippen LogP contribution < -0.4 is 9.64 Å². The van der Waals surface area contributed by atoms with Crippen molar-refractivity contribution >= 4 is 33.8 Å². The number of rotatable bonds is 3. The second-order valence-electron chi connectivity index (χ2n) is 12.1. The number of nitrogens with zero attached hydrogens (tertiary/aromatic N) is 10. The SMILES string of the molecule is CO[C@H]1CN(C)C(=O)[C@@H]2C[C@@H](CN2c2ncnc3c2cnn3-c2ccc(F)cc2F)Oc2nccc(n2)-c2cc(F)cc3nc(C)n(c23)C1. The van der Waals surface area contributed by atoms with Crippen LogP contribution in [-0.4, -0.2) is 95.6 Å². The Labute approximate surface area is 276 Å². The van der Waals surface area contributed by atoms with E-state index >= 15 is 0 Å². The molecule has 4 aromatic heterocycles. The highest BCUT2D eigenvalue weighted by Crippen LogP contribution is 2.35. The highest BCUT2D eigenvalue weighted by molar-refractivity contribution is 5.93. The molecule has 250 valence electrons. The number of aryl methyl sites for hydroxylation is 1. The largest absolute Gasteiger partial charge is 0.458 e. The Morgan fingerprint density at radius 2 is 1.84 bits per heavy atom. The number of benzene rings is 2. The zero-order chi connectivity index (χ0) is 34.0. The summed E-state index contributed by atoms with van der Waals surface area (Å²) in [5, 5.41) is 4.79. The number of anilines is 1. The molecule has 0 aliphatic carbocycles. The molecule has 0 unspecified atom stereocenters. The third kappa shape index (κ3) is 5.28. The van der Waals surface area contributed by atoms with E-state index in [2.05, 4.69) is 30.0 Å². The molecule has 0 N–H and O–H groups in total. The number of aromatic nitrogens is 8. The number of ether oxygens (including phenoxy) is 2. The Morgan fingerprint density at radius 3 is 2.65 bits per heavy atom. The molecule has 16 heteroatoms. The van der Waals surface area contributed by atoms with Crippen molar-refractivity contribution in [2.75, 3.05) is 32.1 Å². The summed E-state index contributed by atoms with van der Waals surface area (Å²) in [4.78, 5) is 40.2. The van der Waals surface area contributed by atoms with Crippen molar-refractivity contribution in [3.05, 3.63) is 78.4 Å². The quantitative estimate of drug-likeness (QED) is 0.274. The van der Waals surface area contributed by atoms with Crippen molar-refractivity contribution < 1.29 is 27.4 Å². The molecule has 0 radical (unpaired) electrons. The first kappa shape index (κ1) is 30.7. The molecule has 6 aromatic rings. The van der Waals surface area contributed by atoms with Crippen molar-refractivity contribution in [3.63, 3.8) is 0 Å². The predicted octanol–water partition coefficient (Wildman–Crippen LogP) is 3.86. The monoisotopic (exact) mass is 670 g/mol. The first-order valence-corrected chi connectivity index (χ1v) is 15.5. The summed E-state index contributed by atoms with van der Waals surface area (Å²) in [6.45, 7) is 2.60. The van der Waals surface area contributed by atoms with Gasteiger partial charge in [0.05, 0.1) is 47.5 Å². The number of fused-ring (bicyclic) bond motifs is 6. The lowest BCUT2D eigenvalue weighted by atomic mass is 10.1. The number of carbonyl (C=O) groups is 1. The van der Waals surface area contributed by atoms with Crippen LogP contribution in [0.5, 0.6) is 6.01 Å². The predicted molar refractivity (Wildman–Crippen MR) is 171 cm³/mol. The molecule has 4 bridgehead atoms. The van der Waals surface area contributed by atoms with Gasteiger partial charge in [-0.3, -0.25) is 4.79 Å². The van der Waals surface area contributed by atoms with Crippen molar-refractivity contribution in [2.45, 2.75) is 38.1 Å². The molecule has 8 rings (SSSR count). The number of hydrogen-bond acceptors (Lipinski definition) is 10. The summed E-state index contributed by atoms with van der Waals surface area (Å²) < 4.78 is 58.7. The van der Waals surface area contributed by atoms with Gasteiger partial charge < -0.3 is 23.8 Å². The van der Waals surface area contributed by atoms with E-state index in [9.17, 15) is 18.0 Å². The van der Waals surface area contributed by atoms with E-state index in [4.69, 9.17) is 9.47 Å². The van der Waals surface area contributed by atoms with Crippen molar-refractivity contribution in [1.82, 2.24) is 44.2 Å². The molecule has 1 amide bonds. The van der Waals surface area contributed by atoms with Crippen molar-refractivity contribution in [1.29, 1.82) is 0 Å². The van der Waals surface area contributed by atoms with Gasteiger partial charge >= 0.3 is 6.01 Å². The van der Waals surface area contributed by atoms with Crippen LogP contribution in [0, 0.1) is 24.4 Å². The topological polar surface area (TPSA) is 129 Å². The second-order valence-corrected chi connectivity index (χ2v) is 12.1. The van der Waals surface area contributed by atoms with E-state index in [1.54, 1.807) is 25.1 Å². The van der Waals surface area contributed by atoms with Crippen LogP contribution in [-0.2, 0) is 16.1 Å². The maximum Gasteiger partial charge on any atom is 0.317 e. The van der Waals surface area contributed by atoms with E-state index in [1.807, 2.05) is 16.4 Å². The Bertz CT molecular complexity index is 2260. The average molecular weight is 671 g/mol. The number of methoxy groups -OCH3 is 1. The maximum atomic E-state index is 14.9. The number of carbonyl (C=O) groups excluding carboxylic acids is 1. The molecule has 13 nitrogen and oxygen atoms in total. The number of likely N-dealkylation sites (N-methyl/N-ethyl adjacent to an activating group) is 1. The van der Waals surface area contributed by atoms with Gasteiger partial charge in [-0.25, -0.2) is 37.8 Å². The zero-order valence-corrected chi connectivity index (χ0v) is 26.6. The summed E-state index contributed by atoms with van der Waals surface area (Å²) in [5.41, 5.74) is 2.37. The molecular weight excluding hydrogens is 641 g/mol. The fraction of sp³-hybridized carbons (Fsp3) is 0.303. The molecule has 2 aliphatic heterocycles. The molecule has 0 spiro atoms. The van der Waals surface area contributed by atoms with Crippen LogP contribution in [0.4, 0.5) is 19.0 Å². The van der Waals surface area contributed by atoms with Crippen molar-refractivity contribution in [3.8, 4) is 23.0 Å². The van der Waals surface area contributed by atoms with Gasteiger partial charge in [0, 0.05) is 51.0 Å². The molecule has 2 aromatic carbocycles. The van der Waals surface area contributed by atoms with E-state index < -0.39 is 35.7 Å². The van der Waals surface area contributed by atoms with Gasteiger partial charge in [0.1, 0.15) is 47.4 Å². The Balaban J connectivity index is 1.22. The molecule has 1 fully saturated rings. The highest BCUT2D eigenvalue weighted by Gasteiger charge is 2.42. The van der Waals surface area contributed by atoms with E-state index in [-0.39, 0.29) is 42.8 Å². The van der Waals surface area contributed by atoms with Gasteiger partial charge in [-0.2, -0.15) is 10.1 Å². The number of imidazole rings is 1. The first-order chi connectivity index (χ1) is 23.7. The lowest BCUT2D eigenvalue weighted by Gasteiger charge is -2.30. The second kappa shape index (κ2) is 11.8. The summed E-state index contributed by atoms with van der Waals surface area (Å²) in [6.07, 6.45) is 3.57. The molecule has 3 atom stereocenters. The van der Waals surface area contributed by atoms with Crippen molar-refractivity contribution in [2.24, 2.45) is 0 Å². The lowest BCUT2D eigenvalue weighted by molar-refractivity contribution is -0.133. The fourth-order valence-corrected chi connectivity index (χ4v) is 6.77. The Morgan fingerprint density at radius 1 is 0.980 bits per heavy atom. The number of halogens is 3. The summed E-state index contributed by atoms with van der Waals surface area (Å²) >= 11 is 0. The van der Waals surface area contributed by atoms with Crippen LogP contribution in [0.1, 0.15) is 12.2 Å². The molecule has 1 saturated heterocycles. The van der Waals surface area contributed by atoms with Crippen LogP contribution in [0.25, 0.3) is 39.0 Å². The maximum absolute atomic E-state index is 14.9. The molecule has 6 heterocycles. The number of hydrogen-bond donors (Lipinski definition) is 0. The van der Waals surface area contributed by atoms with Gasteiger partial charge in [-0.15, -0.1) is 0 Å². The number of amides is 1. The van der Waals surface area contributed by atoms with E-state index in [1.165, 1.54) is 41.6 Å². The van der Waals surface area contributed by atoms with Gasteiger partial charge in [-0.05, 0) is 31.2 Å². The third-order valence-corrected chi connectivity index (χ3v) is 9.05. The summed E-state index contributed by atoms with van der Waals surface area (Å²) in [5.74, 6) is -1.17. The van der Waals surface area contributed by atoms with Gasteiger partial charge in [0.15, 0.2) is 11.5 Å². The standard InChI is InChI=1S/C33H29F3N10O3/c1-17-41-26-10-19(35)8-22-25-6-7-37-33(42-25)49-20-11-28(32(47)43(2)13-21(48-3)15-44(17)29(22)26)45(14-20)30-23-12-40-46(31(23)39-16-38-30)27-5-4-18(34)9-24(27)36/h4-10,12,16,20-21,28H,11,13-15H2,1-3H3/t20-,21-,28-/m0/s1. The molecular formula is C33H29F3N10O3. The van der Waals surface area contributed by atoms with Gasteiger partial charge in [0.25, 0.3) is 0 Å². The van der Waals surface area contributed by atoms with Crippen LogP contribution in [0.2, 0.25) is 0 Å². The van der Waals surface area contributed by atoms with Gasteiger partial charge in [-0.1, -0.05) is 0 Å². The minimum absolute atomic E-state index is 0.00646. The summed E-state index contributed by atoms with van der Waals surface area (Å²) in [6, 6.07) is 6.97. The fourth-order valence-electron chi connectivity index (χ4n) is 6.77. The first-order valence-electron chi connectivity index (χ1n) is 15.5. The van der Waals surface area contributed by atoms with E-state index in [0.29, 0.717) is 45.9 Å². The molecule has 2 aliphatic rings. The Hall–Kier alpha value is -5.64. The molecule has 49 heavy (non-hydrogen) atoms. The lowest BCUT2D eigenvalue weighted by Crippen LogP contribution is -2.47. The normalized spacial score (nSPS) is 19.7. The molecule has 0 saturated carbocycles. The third-order valence-electron chi connectivity index (χ3n) is 9.05.